The highest BCUT2D eigenvalue weighted by atomic mass is 32.2. The van der Waals surface area contributed by atoms with Crippen LogP contribution in [-0.4, -0.2) is 29.8 Å². The molecule has 0 aliphatic carbocycles. The Morgan fingerprint density at radius 1 is 1.23 bits per heavy atom. The van der Waals surface area contributed by atoms with Crippen LogP contribution in [0.1, 0.15) is 16.5 Å². The summed E-state index contributed by atoms with van der Waals surface area (Å²) < 4.78 is 13.6. The molecule has 6 heteroatoms. The second-order valence-electron chi connectivity index (χ2n) is 5.06. The van der Waals surface area contributed by atoms with Crippen LogP contribution >= 0.6 is 23.1 Å². The van der Waals surface area contributed by atoms with E-state index in [-0.39, 0.29) is 11.7 Å². The summed E-state index contributed by atoms with van der Waals surface area (Å²) in [6.07, 6.45) is 0.926. The van der Waals surface area contributed by atoms with E-state index in [0.717, 1.165) is 12.2 Å². The lowest BCUT2D eigenvalue weighted by Gasteiger charge is -2.21. The molecule has 1 aliphatic heterocycles. The predicted octanol–water partition coefficient (Wildman–Crippen LogP) is 4.60. The zero-order chi connectivity index (χ0) is 15.4. The van der Waals surface area contributed by atoms with Gasteiger partial charge in [0.25, 0.3) is 0 Å². The van der Waals surface area contributed by atoms with E-state index >= 15 is 0 Å². The average molecular weight is 336 g/mol. The van der Waals surface area contributed by atoms with E-state index in [1.54, 1.807) is 34.4 Å². The molecule has 22 heavy (non-hydrogen) atoms. The third-order valence-electron chi connectivity index (χ3n) is 3.60. The summed E-state index contributed by atoms with van der Waals surface area (Å²) in [6, 6.07) is 10.2. The van der Waals surface area contributed by atoms with Gasteiger partial charge in [-0.3, -0.25) is 0 Å². The number of anilines is 1. The van der Waals surface area contributed by atoms with Crippen LogP contribution in [0.3, 0.4) is 0 Å². The Morgan fingerprint density at radius 3 is 2.86 bits per heavy atom. The van der Waals surface area contributed by atoms with Crippen molar-refractivity contribution in [1.29, 1.82) is 0 Å². The summed E-state index contributed by atoms with van der Waals surface area (Å²) in [7, 11) is 0. The number of hydrogen-bond acceptors (Lipinski definition) is 3. The Bertz CT molecular complexity index is 633. The molecule has 3 rings (SSSR count). The van der Waals surface area contributed by atoms with E-state index in [1.165, 1.54) is 10.9 Å². The van der Waals surface area contributed by atoms with Gasteiger partial charge in [-0.05, 0) is 30.0 Å². The van der Waals surface area contributed by atoms with Crippen LogP contribution in [0.4, 0.5) is 14.9 Å². The number of carbonyl (C=O) groups is 1. The normalized spacial score (nSPS) is 18.8. The summed E-state index contributed by atoms with van der Waals surface area (Å²) in [5.41, 5.74) is 0.235. The average Bonchev–Trinajstić information content (AvgIpc) is 2.94. The summed E-state index contributed by atoms with van der Waals surface area (Å²) in [6.45, 7) is 1.38. The molecule has 2 heterocycles. The quantitative estimate of drug-likeness (QED) is 0.869. The number of rotatable bonds is 2. The van der Waals surface area contributed by atoms with Crippen molar-refractivity contribution >= 4 is 34.8 Å². The SMILES string of the molecule is O=C(Nc1ccccc1F)N1CCS[C@H](c2cccs2)CC1. The smallest absolute Gasteiger partial charge is 0.321 e. The molecule has 0 bridgehead atoms. The van der Waals surface area contributed by atoms with Gasteiger partial charge < -0.3 is 10.2 Å². The predicted molar refractivity (Wildman–Crippen MR) is 91.1 cm³/mol. The standard InChI is InChI=1S/C16H17FN2OS2/c17-12-4-1-2-5-13(12)18-16(20)19-8-7-15(22-11-9-19)14-6-3-10-21-14/h1-6,10,15H,7-9,11H2,(H,18,20)/t15-/m0/s1. The van der Waals surface area contributed by atoms with Gasteiger partial charge in [0.15, 0.2) is 0 Å². The van der Waals surface area contributed by atoms with Crippen LogP contribution in [-0.2, 0) is 0 Å². The van der Waals surface area contributed by atoms with Crippen molar-refractivity contribution in [2.75, 3.05) is 24.2 Å². The minimum atomic E-state index is -0.406. The summed E-state index contributed by atoms with van der Waals surface area (Å²) >= 11 is 3.65. The van der Waals surface area contributed by atoms with Crippen LogP contribution in [0.25, 0.3) is 0 Å². The first kappa shape index (κ1) is 15.4. The first-order valence-electron chi connectivity index (χ1n) is 7.19. The molecule has 2 amide bonds. The maximum atomic E-state index is 13.6. The second kappa shape index (κ2) is 7.15. The molecule has 1 aliphatic rings. The van der Waals surface area contributed by atoms with Crippen molar-refractivity contribution in [3.8, 4) is 0 Å². The molecular formula is C16H17FN2OS2. The Hall–Kier alpha value is -1.53. The Labute approximate surface area is 137 Å². The molecule has 1 N–H and O–H groups in total. The third kappa shape index (κ3) is 3.62. The molecule has 3 nitrogen and oxygen atoms in total. The minimum absolute atomic E-state index is 0.225. The van der Waals surface area contributed by atoms with E-state index in [9.17, 15) is 9.18 Å². The molecule has 116 valence electrons. The number of nitrogens with one attached hydrogen (secondary N) is 1. The Balaban J connectivity index is 1.61. The van der Waals surface area contributed by atoms with Crippen LogP contribution < -0.4 is 5.32 Å². The fourth-order valence-electron chi connectivity index (χ4n) is 2.43. The van der Waals surface area contributed by atoms with Crippen molar-refractivity contribution < 1.29 is 9.18 Å². The highest BCUT2D eigenvalue weighted by Crippen LogP contribution is 2.36. The largest absolute Gasteiger partial charge is 0.324 e. The molecule has 0 saturated carbocycles. The van der Waals surface area contributed by atoms with Gasteiger partial charge in [0.1, 0.15) is 5.82 Å². The van der Waals surface area contributed by atoms with Crippen LogP contribution in [0.15, 0.2) is 41.8 Å². The van der Waals surface area contributed by atoms with E-state index in [2.05, 4.69) is 22.8 Å². The van der Waals surface area contributed by atoms with Crippen molar-refractivity contribution in [2.24, 2.45) is 0 Å². The van der Waals surface area contributed by atoms with Gasteiger partial charge >= 0.3 is 6.03 Å². The lowest BCUT2D eigenvalue weighted by atomic mass is 10.2. The highest BCUT2D eigenvalue weighted by Gasteiger charge is 2.23. The zero-order valence-corrected chi connectivity index (χ0v) is 13.6. The van der Waals surface area contributed by atoms with Crippen molar-refractivity contribution in [2.45, 2.75) is 11.7 Å². The molecule has 1 saturated heterocycles. The number of hydrogen-bond donors (Lipinski definition) is 1. The van der Waals surface area contributed by atoms with Gasteiger partial charge in [0.05, 0.1) is 5.69 Å². The Kier molecular flexibility index (Phi) is 5.00. The van der Waals surface area contributed by atoms with Crippen LogP contribution in [0.2, 0.25) is 0 Å². The summed E-state index contributed by atoms with van der Waals surface area (Å²) in [5.74, 6) is 0.490. The van der Waals surface area contributed by atoms with Crippen LogP contribution in [0.5, 0.6) is 0 Å². The van der Waals surface area contributed by atoms with Crippen LogP contribution in [0, 0.1) is 5.82 Å². The van der Waals surface area contributed by atoms with Gasteiger partial charge in [-0.15, -0.1) is 11.3 Å². The summed E-state index contributed by atoms with van der Waals surface area (Å²) in [5, 5.41) is 5.20. The molecule has 0 radical (unpaired) electrons. The van der Waals surface area contributed by atoms with E-state index in [4.69, 9.17) is 0 Å². The van der Waals surface area contributed by atoms with Gasteiger partial charge in [-0.25, -0.2) is 9.18 Å². The lowest BCUT2D eigenvalue weighted by Crippen LogP contribution is -2.36. The number of nitrogens with zero attached hydrogens (tertiary/aromatic N) is 1. The van der Waals surface area contributed by atoms with Crippen molar-refractivity contribution in [1.82, 2.24) is 4.90 Å². The number of amides is 2. The summed E-state index contributed by atoms with van der Waals surface area (Å²) in [4.78, 5) is 15.4. The molecule has 1 aromatic heterocycles. The maximum Gasteiger partial charge on any atom is 0.321 e. The van der Waals surface area contributed by atoms with E-state index < -0.39 is 5.82 Å². The molecule has 0 spiro atoms. The molecule has 1 aromatic carbocycles. The third-order valence-corrected chi connectivity index (χ3v) is 6.05. The monoisotopic (exact) mass is 336 g/mol. The second-order valence-corrected chi connectivity index (χ2v) is 7.35. The molecule has 1 fully saturated rings. The number of benzene rings is 1. The number of thioether (sulfide) groups is 1. The van der Waals surface area contributed by atoms with Gasteiger partial charge in [0, 0.05) is 29.0 Å². The minimum Gasteiger partial charge on any atom is -0.324 e. The molecule has 0 unspecified atom stereocenters. The number of carbonyl (C=O) groups excluding carboxylic acids is 1. The van der Waals surface area contributed by atoms with E-state index in [1.807, 2.05) is 11.8 Å². The topological polar surface area (TPSA) is 32.3 Å². The number of urea groups is 1. The zero-order valence-electron chi connectivity index (χ0n) is 12.0. The van der Waals surface area contributed by atoms with Gasteiger partial charge in [-0.1, -0.05) is 18.2 Å². The first-order valence-corrected chi connectivity index (χ1v) is 9.12. The van der Waals surface area contributed by atoms with Gasteiger partial charge in [-0.2, -0.15) is 11.8 Å². The van der Waals surface area contributed by atoms with Crippen molar-refractivity contribution in [3.63, 3.8) is 0 Å². The molecule has 1 atom stereocenters. The Morgan fingerprint density at radius 2 is 2.09 bits per heavy atom. The number of thiophene rings is 1. The fraction of sp³-hybridized carbons (Fsp3) is 0.312. The first-order chi connectivity index (χ1) is 10.7. The molecular weight excluding hydrogens is 319 g/mol. The van der Waals surface area contributed by atoms with Gasteiger partial charge in [0.2, 0.25) is 0 Å². The highest BCUT2D eigenvalue weighted by molar-refractivity contribution is 7.99. The van der Waals surface area contributed by atoms with E-state index in [0.29, 0.717) is 18.3 Å². The van der Waals surface area contributed by atoms with Crippen molar-refractivity contribution in [3.05, 3.63) is 52.5 Å². The fourth-order valence-corrected chi connectivity index (χ4v) is 4.67. The number of para-hydroxylation sites is 1. The molecule has 2 aromatic rings. The lowest BCUT2D eigenvalue weighted by molar-refractivity contribution is 0.215. The maximum absolute atomic E-state index is 13.6. The number of halogens is 1.